The molecule has 0 aromatic heterocycles. The van der Waals surface area contributed by atoms with Crippen LogP contribution in [0.25, 0.3) is 0 Å². The first-order valence-corrected chi connectivity index (χ1v) is 11.4. The van der Waals surface area contributed by atoms with Crippen LogP contribution in [0.1, 0.15) is 60.9 Å². The van der Waals surface area contributed by atoms with Crippen LogP contribution in [0.4, 0.5) is 10.5 Å². The number of anilines is 1. The van der Waals surface area contributed by atoms with Gasteiger partial charge in [0.1, 0.15) is 0 Å². The van der Waals surface area contributed by atoms with Gasteiger partial charge in [-0.1, -0.05) is 25.3 Å². The number of rotatable bonds is 7. The van der Waals surface area contributed by atoms with E-state index in [4.69, 9.17) is 4.74 Å². The van der Waals surface area contributed by atoms with Gasteiger partial charge >= 0.3 is 6.03 Å². The number of hydrogen-bond acceptors (Lipinski definition) is 4. The van der Waals surface area contributed by atoms with Crippen molar-refractivity contribution in [1.29, 1.82) is 0 Å². The average Bonchev–Trinajstić information content (AvgIpc) is 3.64. The molecule has 4 rings (SSSR count). The largest absolute Gasteiger partial charge is 0.504 e. The Morgan fingerprint density at radius 1 is 1.03 bits per heavy atom. The highest BCUT2D eigenvalue weighted by Gasteiger charge is 2.33. The summed E-state index contributed by atoms with van der Waals surface area (Å²) in [5, 5.41) is 15.9. The number of nitrogens with one attached hydrogen (secondary N) is 2. The van der Waals surface area contributed by atoms with E-state index >= 15 is 0 Å². The third-order valence-electron chi connectivity index (χ3n) is 6.18. The van der Waals surface area contributed by atoms with Crippen molar-refractivity contribution in [3.63, 3.8) is 0 Å². The van der Waals surface area contributed by atoms with Crippen molar-refractivity contribution in [2.24, 2.45) is 0 Å². The molecule has 0 bridgehead atoms. The molecule has 2 fully saturated rings. The Morgan fingerprint density at radius 3 is 2.41 bits per heavy atom. The van der Waals surface area contributed by atoms with E-state index in [2.05, 4.69) is 10.6 Å². The van der Waals surface area contributed by atoms with Gasteiger partial charge in [-0.3, -0.25) is 4.79 Å². The molecule has 32 heavy (non-hydrogen) atoms. The maximum absolute atomic E-state index is 13.0. The molecule has 7 nitrogen and oxygen atoms in total. The highest BCUT2D eigenvalue weighted by atomic mass is 16.5. The zero-order valence-corrected chi connectivity index (χ0v) is 18.5. The second-order valence-electron chi connectivity index (χ2n) is 8.68. The van der Waals surface area contributed by atoms with Crippen LogP contribution in [-0.2, 0) is 6.54 Å². The Kier molecular flexibility index (Phi) is 6.83. The Morgan fingerprint density at radius 2 is 1.75 bits per heavy atom. The molecule has 3 amide bonds. The van der Waals surface area contributed by atoms with E-state index in [1.807, 2.05) is 0 Å². The van der Waals surface area contributed by atoms with E-state index in [1.54, 1.807) is 47.4 Å². The quantitative estimate of drug-likeness (QED) is 0.588. The van der Waals surface area contributed by atoms with Crippen molar-refractivity contribution in [2.75, 3.05) is 12.4 Å². The maximum atomic E-state index is 13.0. The van der Waals surface area contributed by atoms with Gasteiger partial charge in [-0.15, -0.1) is 0 Å². The second kappa shape index (κ2) is 9.94. The summed E-state index contributed by atoms with van der Waals surface area (Å²) in [6.45, 7) is 0.426. The summed E-state index contributed by atoms with van der Waals surface area (Å²) in [4.78, 5) is 27.3. The number of phenolic OH excluding ortho intramolecular Hbond substituents is 1. The highest BCUT2D eigenvalue weighted by molar-refractivity contribution is 5.95. The first-order chi connectivity index (χ1) is 15.5. The van der Waals surface area contributed by atoms with Crippen LogP contribution >= 0.6 is 0 Å². The summed E-state index contributed by atoms with van der Waals surface area (Å²) < 4.78 is 5.18. The molecule has 0 saturated heterocycles. The van der Waals surface area contributed by atoms with Gasteiger partial charge in [-0.25, -0.2) is 4.79 Å². The minimum atomic E-state index is -0.182. The third-order valence-corrected chi connectivity index (χ3v) is 6.18. The smallest absolute Gasteiger partial charge is 0.322 e. The van der Waals surface area contributed by atoms with Gasteiger partial charge in [0.2, 0.25) is 0 Å². The molecule has 0 radical (unpaired) electrons. The summed E-state index contributed by atoms with van der Waals surface area (Å²) in [6.07, 6.45) is 7.63. The molecule has 2 aliphatic carbocycles. The van der Waals surface area contributed by atoms with Gasteiger partial charge in [0.15, 0.2) is 11.5 Å². The number of amides is 3. The van der Waals surface area contributed by atoms with Gasteiger partial charge in [-0.2, -0.15) is 0 Å². The molecule has 0 heterocycles. The monoisotopic (exact) mass is 437 g/mol. The topological polar surface area (TPSA) is 90.9 Å². The minimum Gasteiger partial charge on any atom is -0.504 e. The lowest BCUT2D eigenvalue weighted by Gasteiger charge is -2.24. The molecule has 0 atom stereocenters. The molecule has 3 N–H and O–H groups in total. The van der Waals surface area contributed by atoms with Crippen LogP contribution in [-0.4, -0.2) is 41.1 Å². The number of nitrogens with zero attached hydrogens (tertiary/aromatic N) is 1. The Balaban J connectivity index is 1.36. The summed E-state index contributed by atoms with van der Waals surface area (Å²) in [6, 6.07) is 12.4. The molecular formula is C25H31N3O4. The molecule has 170 valence electrons. The third kappa shape index (κ3) is 5.52. The van der Waals surface area contributed by atoms with Crippen molar-refractivity contribution in [2.45, 2.75) is 63.6 Å². The lowest BCUT2D eigenvalue weighted by Crippen LogP contribution is -2.36. The van der Waals surface area contributed by atoms with Gasteiger partial charge in [0, 0.05) is 29.9 Å². The van der Waals surface area contributed by atoms with Gasteiger partial charge in [-0.05, 0) is 67.6 Å². The average molecular weight is 438 g/mol. The first-order valence-electron chi connectivity index (χ1n) is 11.4. The Labute approximate surface area is 188 Å². The number of hydrogen-bond donors (Lipinski definition) is 3. The fourth-order valence-electron chi connectivity index (χ4n) is 4.19. The van der Waals surface area contributed by atoms with E-state index in [1.165, 1.54) is 26.4 Å². The number of carbonyl (C=O) groups is 2. The molecule has 2 aliphatic rings. The molecule has 2 aromatic carbocycles. The lowest BCUT2D eigenvalue weighted by molar-refractivity contribution is 0.0927. The summed E-state index contributed by atoms with van der Waals surface area (Å²) in [5.74, 6) is 0.405. The number of urea groups is 1. The number of benzene rings is 2. The molecule has 0 spiro atoms. The fraction of sp³-hybridized carbons (Fsp3) is 0.440. The molecule has 2 aromatic rings. The molecule has 2 saturated carbocycles. The molecule has 0 aliphatic heterocycles. The van der Waals surface area contributed by atoms with Crippen LogP contribution in [0, 0.1) is 0 Å². The van der Waals surface area contributed by atoms with Crippen molar-refractivity contribution in [3.05, 3.63) is 53.6 Å². The lowest BCUT2D eigenvalue weighted by atomic mass is 9.95. The van der Waals surface area contributed by atoms with E-state index in [9.17, 15) is 14.7 Å². The Hall–Kier alpha value is -3.22. The highest BCUT2D eigenvalue weighted by Crippen LogP contribution is 2.31. The normalized spacial score (nSPS) is 16.3. The Bertz CT molecular complexity index is 950. The zero-order chi connectivity index (χ0) is 22.5. The maximum Gasteiger partial charge on any atom is 0.322 e. The van der Waals surface area contributed by atoms with Gasteiger partial charge in [0.05, 0.1) is 7.11 Å². The molecular weight excluding hydrogens is 406 g/mol. The summed E-state index contributed by atoms with van der Waals surface area (Å²) in [7, 11) is 1.50. The number of ether oxygens (including phenoxy) is 1. The molecule has 7 heteroatoms. The van der Waals surface area contributed by atoms with E-state index in [0.29, 0.717) is 23.5 Å². The van der Waals surface area contributed by atoms with Crippen molar-refractivity contribution in [1.82, 2.24) is 10.2 Å². The zero-order valence-electron chi connectivity index (χ0n) is 18.5. The number of methoxy groups -OCH3 is 1. The summed E-state index contributed by atoms with van der Waals surface area (Å²) >= 11 is 0. The number of aromatic hydroxyl groups is 1. The predicted octanol–water partition coefficient (Wildman–Crippen LogP) is 4.66. The van der Waals surface area contributed by atoms with Crippen molar-refractivity contribution >= 4 is 17.6 Å². The van der Waals surface area contributed by atoms with Crippen LogP contribution in [0.15, 0.2) is 42.5 Å². The van der Waals surface area contributed by atoms with Crippen LogP contribution in [0.5, 0.6) is 11.5 Å². The van der Waals surface area contributed by atoms with Crippen LogP contribution in [0.2, 0.25) is 0 Å². The number of phenols is 1. The molecule has 0 unspecified atom stereocenters. The first kappa shape index (κ1) is 22.0. The van der Waals surface area contributed by atoms with E-state index in [-0.39, 0.29) is 29.8 Å². The van der Waals surface area contributed by atoms with Crippen LogP contribution < -0.4 is 15.4 Å². The summed E-state index contributed by atoms with van der Waals surface area (Å²) in [5.41, 5.74) is 2.14. The standard InChI is InChI=1S/C25H31N3O4/c1-32-23-15-17(7-14-22(23)29)16-28(21-12-13-21)25(31)27-20-10-8-18(9-11-20)24(30)26-19-5-3-2-4-6-19/h7-11,14-15,19,21,29H,2-6,12-13,16H2,1H3,(H,26,30)(H,27,31). The van der Waals surface area contributed by atoms with Crippen molar-refractivity contribution in [3.8, 4) is 11.5 Å². The van der Waals surface area contributed by atoms with Crippen molar-refractivity contribution < 1.29 is 19.4 Å². The second-order valence-corrected chi connectivity index (χ2v) is 8.68. The fourth-order valence-corrected chi connectivity index (χ4v) is 4.19. The van der Waals surface area contributed by atoms with Gasteiger partial charge < -0.3 is 25.4 Å². The van der Waals surface area contributed by atoms with Crippen LogP contribution in [0.3, 0.4) is 0 Å². The minimum absolute atomic E-state index is 0.0596. The number of carbonyl (C=O) groups excluding carboxylic acids is 2. The SMILES string of the molecule is COc1cc(CN(C(=O)Nc2ccc(C(=O)NC3CCCCC3)cc2)C2CC2)ccc1O. The van der Waals surface area contributed by atoms with E-state index < -0.39 is 0 Å². The van der Waals surface area contributed by atoms with Gasteiger partial charge in [0.25, 0.3) is 5.91 Å². The van der Waals surface area contributed by atoms with E-state index in [0.717, 1.165) is 31.2 Å². The predicted molar refractivity (Wildman–Crippen MR) is 123 cm³/mol.